The summed E-state index contributed by atoms with van der Waals surface area (Å²) >= 11 is 0. The number of hydrogen-bond donors (Lipinski definition) is 2. The number of ether oxygens (including phenoxy) is 1. The lowest BCUT2D eigenvalue weighted by Gasteiger charge is -2.07. The fourth-order valence-electron chi connectivity index (χ4n) is 1.13. The quantitative estimate of drug-likeness (QED) is 0.223. The van der Waals surface area contributed by atoms with Gasteiger partial charge in [-0.2, -0.15) is 4.84 Å². The third-order valence-electron chi connectivity index (χ3n) is 2.13. The van der Waals surface area contributed by atoms with Crippen LogP contribution in [0.3, 0.4) is 0 Å². The minimum absolute atomic E-state index is 0.143. The smallest absolute Gasteiger partial charge is 0.340 e. The minimum Gasteiger partial charge on any atom is -0.432 e. The highest BCUT2D eigenvalue weighted by Crippen LogP contribution is 2.00. The molecule has 0 saturated heterocycles. The molecule has 8 heteroatoms. The predicted molar refractivity (Wildman–Crippen MR) is 64.3 cm³/mol. The van der Waals surface area contributed by atoms with Gasteiger partial charge in [-0.1, -0.05) is 18.2 Å². The number of rotatable bonds is 8. The summed E-state index contributed by atoms with van der Waals surface area (Å²) in [7, 11) is 1.45. The van der Waals surface area contributed by atoms with Crippen LogP contribution in [0.5, 0.6) is 0 Å². The van der Waals surface area contributed by atoms with E-state index in [9.17, 15) is 9.70 Å². The van der Waals surface area contributed by atoms with Crippen LogP contribution >= 0.6 is 0 Å². The average molecular weight is 270 g/mol. The van der Waals surface area contributed by atoms with Crippen LogP contribution in [0.25, 0.3) is 0 Å². The summed E-state index contributed by atoms with van der Waals surface area (Å²) in [5.74, 6) is -0.552. The zero-order chi connectivity index (χ0) is 14.1. The molecule has 0 saturated carbocycles. The molecule has 0 bridgehead atoms. The molecule has 0 aliphatic heterocycles. The maximum atomic E-state index is 11.5. The molecule has 0 unspecified atom stereocenters. The molecule has 0 atom stereocenters. The predicted octanol–water partition coefficient (Wildman–Crippen LogP) is -0.145. The third-order valence-corrected chi connectivity index (χ3v) is 2.13. The molecule has 8 nitrogen and oxygen atoms in total. The zero-order valence-electron chi connectivity index (χ0n) is 10.5. The number of nitrogens with one attached hydrogen (secondary N) is 1. The fourth-order valence-corrected chi connectivity index (χ4v) is 1.13. The number of hydrogen-bond acceptors (Lipinski definition) is 5. The highest BCUT2D eigenvalue weighted by atomic mass is 16.8. The number of hydrazine groups is 2. The first-order valence-electron chi connectivity index (χ1n) is 5.54. The van der Waals surface area contributed by atoms with Crippen LogP contribution in [0.2, 0.25) is 0 Å². The highest BCUT2D eigenvalue weighted by molar-refractivity contribution is 5.89. The standard InChI is InChI=1S/C11H16N3O5/c1-13(7-8-15)14(17)12-19-9-18-11(16)10-5-3-2-4-6-10/h2-6,15H,7-9H2,1H3,(H,12,17)/q+1. The molecule has 0 aliphatic carbocycles. The third kappa shape index (κ3) is 5.32. The van der Waals surface area contributed by atoms with E-state index in [1.165, 1.54) is 7.05 Å². The van der Waals surface area contributed by atoms with E-state index in [1.54, 1.807) is 30.3 Å². The summed E-state index contributed by atoms with van der Waals surface area (Å²) in [6, 6.07) is 8.40. The van der Waals surface area contributed by atoms with Crippen molar-refractivity contribution in [3.63, 3.8) is 0 Å². The van der Waals surface area contributed by atoms with Gasteiger partial charge < -0.3 is 9.84 Å². The number of nitrogens with zero attached hydrogens (tertiary/aromatic N) is 2. The topological polar surface area (TPSA) is 91.1 Å². The Labute approximate surface area is 110 Å². The van der Waals surface area contributed by atoms with Gasteiger partial charge in [0.1, 0.15) is 6.54 Å². The molecular formula is C11H16N3O5+. The second kappa shape index (κ2) is 8.01. The van der Waals surface area contributed by atoms with E-state index in [1.807, 2.05) is 5.59 Å². The van der Waals surface area contributed by atoms with Crippen molar-refractivity contribution in [1.29, 1.82) is 0 Å². The molecule has 1 aromatic carbocycles. The first kappa shape index (κ1) is 14.9. The molecule has 19 heavy (non-hydrogen) atoms. The van der Waals surface area contributed by atoms with E-state index in [0.29, 0.717) is 5.56 Å². The largest absolute Gasteiger partial charge is 0.432 e. The molecule has 1 rings (SSSR count). The first-order valence-corrected chi connectivity index (χ1v) is 5.54. The van der Waals surface area contributed by atoms with Gasteiger partial charge in [-0.3, -0.25) is 0 Å². The molecular weight excluding hydrogens is 254 g/mol. The van der Waals surface area contributed by atoms with Crippen molar-refractivity contribution in [3.8, 4) is 0 Å². The maximum absolute atomic E-state index is 11.5. The average Bonchev–Trinajstić information content (AvgIpc) is 2.44. The Morgan fingerprint density at radius 2 is 2.11 bits per heavy atom. The Bertz CT molecular complexity index is 412. The van der Waals surface area contributed by atoms with Crippen LogP contribution in [0.1, 0.15) is 10.4 Å². The lowest BCUT2D eigenvalue weighted by Crippen LogP contribution is -2.41. The Balaban J connectivity index is 2.21. The molecule has 0 amide bonds. The number of likely N-dealkylation sites (N-methyl/N-ethyl adjacent to an activating group) is 1. The van der Waals surface area contributed by atoms with Crippen molar-refractivity contribution in [1.82, 2.24) is 10.6 Å². The second-order valence-electron chi connectivity index (χ2n) is 3.53. The van der Waals surface area contributed by atoms with Gasteiger partial charge in [-0.25, -0.2) is 4.79 Å². The summed E-state index contributed by atoms with van der Waals surface area (Å²) in [6.07, 6.45) is 0. The van der Waals surface area contributed by atoms with Gasteiger partial charge in [0.25, 0.3) is 4.98 Å². The van der Waals surface area contributed by atoms with Crippen LogP contribution < -0.4 is 5.59 Å². The fraction of sp³-hybridized carbons (Fsp3) is 0.364. The van der Waals surface area contributed by atoms with Gasteiger partial charge in [0.15, 0.2) is 0 Å². The number of carbonyl (C=O) groups excluding carboxylic acids is 1. The van der Waals surface area contributed by atoms with Crippen molar-refractivity contribution in [2.45, 2.75) is 0 Å². The van der Waals surface area contributed by atoms with E-state index >= 15 is 0 Å². The Hall–Kier alpha value is -2.19. The van der Waals surface area contributed by atoms with E-state index in [2.05, 4.69) is 4.84 Å². The van der Waals surface area contributed by atoms with E-state index in [4.69, 9.17) is 9.84 Å². The van der Waals surface area contributed by atoms with Crippen molar-refractivity contribution < 1.29 is 24.5 Å². The molecule has 0 radical (unpaired) electrons. The van der Waals surface area contributed by atoms with Crippen LogP contribution in [-0.4, -0.2) is 48.1 Å². The Kier molecular flexibility index (Phi) is 6.27. The molecule has 1 aromatic rings. The molecule has 104 valence electrons. The normalized spacial score (nSPS) is 9.79. The van der Waals surface area contributed by atoms with Crippen molar-refractivity contribution in [2.24, 2.45) is 0 Å². The summed E-state index contributed by atoms with van der Waals surface area (Å²) < 4.78 is 4.76. The van der Waals surface area contributed by atoms with Crippen LogP contribution in [0, 0.1) is 4.91 Å². The van der Waals surface area contributed by atoms with Crippen LogP contribution in [-0.2, 0) is 9.57 Å². The van der Waals surface area contributed by atoms with Gasteiger partial charge in [-0.15, -0.1) is 5.01 Å². The molecule has 0 aliphatic rings. The van der Waals surface area contributed by atoms with E-state index < -0.39 is 12.8 Å². The zero-order valence-corrected chi connectivity index (χ0v) is 10.5. The number of aliphatic hydroxyl groups excluding tert-OH is 1. The lowest BCUT2D eigenvalue weighted by atomic mass is 10.2. The summed E-state index contributed by atoms with van der Waals surface area (Å²) in [5.41, 5.74) is 2.38. The summed E-state index contributed by atoms with van der Waals surface area (Å²) in [4.78, 5) is 27.6. The molecule has 0 heterocycles. The summed E-state index contributed by atoms with van der Waals surface area (Å²) in [5, 5.41) is 9.75. The lowest BCUT2D eigenvalue weighted by molar-refractivity contribution is -0.785. The second-order valence-corrected chi connectivity index (χ2v) is 3.53. The minimum atomic E-state index is -0.552. The van der Waals surface area contributed by atoms with Crippen molar-refractivity contribution >= 4 is 5.97 Å². The van der Waals surface area contributed by atoms with E-state index in [0.717, 1.165) is 5.01 Å². The number of benzene rings is 1. The first-order chi connectivity index (χ1) is 9.15. The SMILES string of the molecule is CN(CCO)[N+](=O)NOCOC(=O)c1ccccc1. The van der Waals surface area contributed by atoms with Crippen molar-refractivity contribution in [2.75, 3.05) is 27.0 Å². The summed E-state index contributed by atoms with van der Waals surface area (Å²) in [6.45, 7) is -0.441. The van der Waals surface area contributed by atoms with Crippen LogP contribution in [0.4, 0.5) is 0 Å². The number of carbonyl (C=O) groups is 1. The van der Waals surface area contributed by atoms with Gasteiger partial charge >= 0.3 is 5.97 Å². The maximum Gasteiger partial charge on any atom is 0.340 e. The van der Waals surface area contributed by atoms with Gasteiger partial charge in [0.05, 0.1) is 24.1 Å². The molecule has 0 spiro atoms. The number of esters is 1. The Morgan fingerprint density at radius 1 is 1.42 bits per heavy atom. The van der Waals surface area contributed by atoms with Crippen molar-refractivity contribution in [3.05, 3.63) is 40.8 Å². The molecule has 0 aromatic heterocycles. The number of aliphatic hydroxyl groups is 1. The Morgan fingerprint density at radius 3 is 2.74 bits per heavy atom. The number of nitroso groups, excluding NO2 is 1. The molecule has 2 N–H and O–H groups in total. The van der Waals surface area contributed by atoms with Crippen LogP contribution in [0.15, 0.2) is 30.3 Å². The van der Waals surface area contributed by atoms with Gasteiger partial charge in [0.2, 0.25) is 6.79 Å². The van der Waals surface area contributed by atoms with Gasteiger partial charge in [-0.05, 0) is 12.1 Å². The van der Waals surface area contributed by atoms with Gasteiger partial charge in [0, 0.05) is 5.59 Å². The highest BCUT2D eigenvalue weighted by Gasteiger charge is 2.15. The van der Waals surface area contributed by atoms with E-state index in [-0.39, 0.29) is 18.1 Å². The molecule has 0 fully saturated rings. The monoisotopic (exact) mass is 270 g/mol.